The molecule has 0 spiro atoms. The van der Waals surface area contributed by atoms with Crippen molar-refractivity contribution in [3.63, 3.8) is 0 Å². The summed E-state index contributed by atoms with van der Waals surface area (Å²) in [5.41, 5.74) is 1.21. The van der Waals surface area contributed by atoms with Gasteiger partial charge in [0.1, 0.15) is 0 Å². The SMILES string of the molecule is CCN(CC)CCN(CCC(=O)N1CCNCC1)C(=O)c1ccc(NC(C)=O)cc1. The van der Waals surface area contributed by atoms with Gasteiger partial charge in [0.05, 0.1) is 0 Å². The van der Waals surface area contributed by atoms with Gasteiger partial charge in [-0.3, -0.25) is 14.4 Å². The molecule has 2 rings (SSSR count). The van der Waals surface area contributed by atoms with E-state index in [9.17, 15) is 14.4 Å². The minimum absolute atomic E-state index is 0.0929. The third-order valence-electron chi connectivity index (χ3n) is 5.39. The molecule has 1 heterocycles. The van der Waals surface area contributed by atoms with Crippen molar-refractivity contribution < 1.29 is 14.4 Å². The Morgan fingerprint density at radius 1 is 1.00 bits per heavy atom. The van der Waals surface area contributed by atoms with Crippen molar-refractivity contribution in [3.05, 3.63) is 29.8 Å². The van der Waals surface area contributed by atoms with Gasteiger partial charge in [0.15, 0.2) is 0 Å². The fourth-order valence-corrected chi connectivity index (χ4v) is 3.50. The molecule has 0 atom stereocenters. The first-order valence-electron chi connectivity index (χ1n) is 10.8. The molecule has 0 unspecified atom stereocenters. The van der Waals surface area contributed by atoms with Crippen LogP contribution in [0.2, 0.25) is 0 Å². The maximum absolute atomic E-state index is 13.1. The van der Waals surface area contributed by atoms with Crippen LogP contribution in [0.5, 0.6) is 0 Å². The van der Waals surface area contributed by atoms with Gasteiger partial charge < -0.3 is 25.3 Å². The normalized spacial score (nSPS) is 13.9. The van der Waals surface area contributed by atoms with Gasteiger partial charge in [-0.1, -0.05) is 13.8 Å². The summed E-state index contributed by atoms with van der Waals surface area (Å²) < 4.78 is 0. The van der Waals surface area contributed by atoms with Gasteiger partial charge >= 0.3 is 0 Å². The van der Waals surface area contributed by atoms with E-state index < -0.39 is 0 Å². The number of amides is 3. The second-order valence-corrected chi connectivity index (χ2v) is 7.46. The lowest BCUT2D eigenvalue weighted by molar-refractivity contribution is -0.132. The molecular formula is C22H35N5O3. The number of piperazine rings is 1. The van der Waals surface area contributed by atoms with E-state index in [4.69, 9.17) is 0 Å². The third-order valence-corrected chi connectivity index (χ3v) is 5.39. The Kier molecular flexibility index (Phi) is 9.76. The molecule has 166 valence electrons. The Morgan fingerprint density at radius 2 is 1.63 bits per heavy atom. The summed E-state index contributed by atoms with van der Waals surface area (Å²) in [7, 11) is 0. The quantitative estimate of drug-likeness (QED) is 0.599. The summed E-state index contributed by atoms with van der Waals surface area (Å²) in [6, 6.07) is 6.89. The highest BCUT2D eigenvalue weighted by atomic mass is 16.2. The zero-order chi connectivity index (χ0) is 21.9. The van der Waals surface area contributed by atoms with E-state index in [1.165, 1.54) is 6.92 Å². The number of hydrogen-bond acceptors (Lipinski definition) is 5. The molecule has 0 aliphatic carbocycles. The first-order valence-corrected chi connectivity index (χ1v) is 10.8. The fourth-order valence-electron chi connectivity index (χ4n) is 3.50. The Labute approximate surface area is 179 Å². The topological polar surface area (TPSA) is 85.0 Å². The summed E-state index contributed by atoms with van der Waals surface area (Å²) >= 11 is 0. The van der Waals surface area contributed by atoms with Crippen molar-refractivity contribution in [3.8, 4) is 0 Å². The highest BCUT2D eigenvalue weighted by Gasteiger charge is 2.21. The number of carbonyl (C=O) groups excluding carboxylic acids is 3. The third kappa shape index (κ3) is 7.42. The molecule has 1 aromatic carbocycles. The van der Waals surface area contributed by atoms with Crippen LogP contribution in [0.3, 0.4) is 0 Å². The van der Waals surface area contributed by atoms with Crippen LogP contribution in [0, 0.1) is 0 Å². The zero-order valence-corrected chi connectivity index (χ0v) is 18.4. The molecule has 30 heavy (non-hydrogen) atoms. The lowest BCUT2D eigenvalue weighted by atomic mass is 10.1. The van der Waals surface area contributed by atoms with Crippen LogP contribution in [0.25, 0.3) is 0 Å². The van der Waals surface area contributed by atoms with Gasteiger partial charge in [-0.25, -0.2) is 0 Å². The van der Waals surface area contributed by atoms with Crippen LogP contribution in [0.15, 0.2) is 24.3 Å². The van der Waals surface area contributed by atoms with Crippen LogP contribution in [0.1, 0.15) is 37.6 Å². The molecule has 0 radical (unpaired) electrons. The first-order chi connectivity index (χ1) is 14.4. The first kappa shape index (κ1) is 23.8. The van der Waals surface area contributed by atoms with Gasteiger partial charge in [-0.2, -0.15) is 0 Å². The smallest absolute Gasteiger partial charge is 0.253 e. The molecule has 2 N–H and O–H groups in total. The van der Waals surface area contributed by atoms with E-state index in [0.29, 0.717) is 30.8 Å². The van der Waals surface area contributed by atoms with E-state index in [-0.39, 0.29) is 17.7 Å². The van der Waals surface area contributed by atoms with E-state index in [1.54, 1.807) is 29.2 Å². The monoisotopic (exact) mass is 417 g/mol. The van der Waals surface area contributed by atoms with Gasteiger partial charge in [0.25, 0.3) is 5.91 Å². The number of rotatable bonds is 10. The average Bonchev–Trinajstić information content (AvgIpc) is 2.76. The Bertz CT molecular complexity index is 697. The predicted octanol–water partition coefficient (Wildman–Crippen LogP) is 1.25. The van der Waals surface area contributed by atoms with Crippen LogP contribution in [-0.4, -0.2) is 91.3 Å². The minimum atomic E-state index is -0.152. The minimum Gasteiger partial charge on any atom is -0.340 e. The molecule has 3 amide bonds. The maximum Gasteiger partial charge on any atom is 0.253 e. The van der Waals surface area contributed by atoms with Crippen molar-refractivity contribution in [1.29, 1.82) is 0 Å². The van der Waals surface area contributed by atoms with Crippen molar-refractivity contribution in [2.45, 2.75) is 27.2 Å². The van der Waals surface area contributed by atoms with Crippen LogP contribution >= 0.6 is 0 Å². The Hall–Kier alpha value is -2.45. The molecule has 1 aliphatic rings. The van der Waals surface area contributed by atoms with Gasteiger partial charge in [-0.05, 0) is 37.4 Å². The molecule has 8 nitrogen and oxygen atoms in total. The molecule has 1 saturated heterocycles. The highest BCUT2D eigenvalue weighted by molar-refractivity contribution is 5.95. The molecule has 1 fully saturated rings. The Balaban J connectivity index is 2.04. The zero-order valence-electron chi connectivity index (χ0n) is 18.4. The van der Waals surface area contributed by atoms with Gasteiger partial charge in [0, 0.05) is 70.4 Å². The molecule has 0 bridgehead atoms. The molecular weight excluding hydrogens is 382 g/mol. The van der Waals surface area contributed by atoms with Gasteiger partial charge in [0.2, 0.25) is 11.8 Å². The van der Waals surface area contributed by atoms with E-state index in [0.717, 1.165) is 45.8 Å². The highest BCUT2D eigenvalue weighted by Crippen LogP contribution is 2.13. The second-order valence-electron chi connectivity index (χ2n) is 7.46. The molecule has 0 aromatic heterocycles. The van der Waals surface area contributed by atoms with Gasteiger partial charge in [-0.15, -0.1) is 0 Å². The number of hydrogen-bond donors (Lipinski definition) is 2. The number of carbonyl (C=O) groups is 3. The van der Waals surface area contributed by atoms with E-state index >= 15 is 0 Å². The Morgan fingerprint density at radius 3 is 2.20 bits per heavy atom. The van der Waals surface area contributed by atoms with E-state index in [2.05, 4.69) is 29.4 Å². The molecule has 1 aromatic rings. The second kappa shape index (κ2) is 12.3. The van der Waals surface area contributed by atoms with Crippen LogP contribution in [0.4, 0.5) is 5.69 Å². The fraction of sp³-hybridized carbons (Fsp3) is 0.591. The average molecular weight is 418 g/mol. The summed E-state index contributed by atoms with van der Waals surface area (Å²) in [6.07, 6.45) is 0.327. The number of anilines is 1. The van der Waals surface area contributed by atoms with Crippen LogP contribution < -0.4 is 10.6 Å². The summed E-state index contributed by atoms with van der Waals surface area (Å²) in [5, 5.41) is 5.95. The molecule has 0 saturated carbocycles. The van der Waals surface area contributed by atoms with Crippen molar-refractivity contribution >= 4 is 23.4 Å². The summed E-state index contributed by atoms with van der Waals surface area (Å²) in [5.74, 6) is -0.149. The number of benzene rings is 1. The van der Waals surface area contributed by atoms with Crippen molar-refractivity contribution in [1.82, 2.24) is 20.0 Å². The van der Waals surface area contributed by atoms with E-state index in [1.807, 2.05) is 4.90 Å². The number of nitrogens with one attached hydrogen (secondary N) is 2. The predicted molar refractivity (Wildman–Crippen MR) is 119 cm³/mol. The lowest BCUT2D eigenvalue weighted by Gasteiger charge is -2.30. The van der Waals surface area contributed by atoms with Crippen molar-refractivity contribution in [2.24, 2.45) is 0 Å². The lowest BCUT2D eigenvalue weighted by Crippen LogP contribution is -2.47. The maximum atomic E-state index is 13.1. The largest absolute Gasteiger partial charge is 0.340 e. The molecule has 8 heteroatoms. The number of nitrogens with zero attached hydrogens (tertiary/aromatic N) is 3. The number of likely N-dealkylation sites (N-methyl/N-ethyl adjacent to an activating group) is 1. The summed E-state index contributed by atoms with van der Waals surface area (Å²) in [6.45, 7) is 12.3. The standard InChI is InChI=1S/C22H35N5O3/c1-4-25(5-2)16-17-27(13-10-21(29)26-14-11-23-12-15-26)22(30)19-6-8-20(9-7-19)24-18(3)28/h6-9,23H,4-5,10-17H2,1-3H3,(H,24,28). The van der Waals surface area contributed by atoms with Crippen molar-refractivity contribution in [2.75, 3.05) is 64.2 Å². The van der Waals surface area contributed by atoms with Crippen LogP contribution in [-0.2, 0) is 9.59 Å². The molecule has 1 aliphatic heterocycles. The summed E-state index contributed by atoms with van der Waals surface area (Å²) in [4.78, 5) is 42.8.